The third kappa shape index (κ3) is 57.5. The summed E-state index contributed by atoms with van der Waals surface area (Å²) in [6.45, 7) is 17.0. The van der Waals surface area contributed by atoms with Crippen LogP contribution < -0.4 is 0 Å². The van der Waals surface area contributed by atoms with Crippen LogP contribution >= 0.6 is 0 Å². The first-order valence-electron chi connectivity index (χ1n) is 19.9. The molecule has 0 aromatic rings. The minimum Gasteiger partial charge on any atom is -0.393 e. The van der Waals surface area contributed by atoms with Gasteiger partial charge in [0.2, 0.25) is 0 Å². The second kappa shape index (κ2) is 47.2. The van der Waals surface area contributed by atoms with Crippen LogP contribution in [0.15, 0.2) is 0 Å². The van der Waals surface area contributed by atoms with Gasteiger partial charge in [-0.3, -0.25) is 0 Å². The summed E-state index contributed by atoms with van der Waals surface area (Å²) in [7, 11) is 0. The summed E-state index contributed by atoms with van der Waals surface area (Å²) in [5.41, 5.74) is 0. The van der Waals surface area contributed by atoms with Gasteiger partial charge < -0.3 is 20.4 Å². The van der Waals surface area contributed by atoms with E-state index in [1.54, 1.807) is 0 Å². The van der Waals surface area contributed by atoms with Crippen LogP contribution in [-0.4, -0.2) is 44.8 Å². The van der Waals surface area contributed by atoms with Gasteiger partial charge in [-0.2, -0.15) is 0 Å². The van der Waals surface area contributed by atoms with Gasteiger partial charge in [-0.05, 0) is 51.9 Å². The fourth-order valence-corrected chi connectivity index (χ4v) is 4.91. The first-order chi connectivity index (χ1) is 21.2. The fraction of sp³-hybridized carbons (Fsp3) is 1.00. The molecule has 0 bridgehead atoms. The largest absolute Gasteiger partial charge is 0.393 e. The molecule has 0 fully saturated rings. The van der Waals surface area contributed by atoms with E-state index in [1.165, 1.54) is 128 Å². The Labute approximate surface area is 279 Å². The van der Waals surface area contributed by atoms with Gasteiger partial charge in [0.25, 0.3) is 0 Å². The molecule has 0 saturated heterocycles. The summed E-state index contributed by atoms with van der Waals surface area (Å²) in [6.07, 6.45) is 33.4. The number of hydrogen-bond donors (Lipinski definition) is 4. The first kappa shape index (κ1) is 50.7. The van der Waals surface area contributed by atoms with E-state index < -0.39 is 0 Å². The lowest BCUT2D eigenvalue weighted by molar-refractivity contribution is 0.148. The second-order valence-corrected chi connectivity index (χ2v) is 13.3. The predicted octanol–water partition coefficient (Wildman–Crippen LogP) is 12.5. The Morgan fingerprint density at radius 2 is 0.591 bits per heavy atom. The summed E-state index contributed by atoms with van der Waals surface area (Å²) in [5, 5.41) is 36.9. The number of rotatable bonds is 28. The highest BCUT2D eigenvalue weighted by Gasteiger charge is 2.02. The zero-order valence-corrected chi connectivity index (χ0v) is 31.9. The maximum Gasteiger partial charge on any atom is 0.0540 e. The molecule has 0 rings (SSSR count). The molecule has 0 spiro atoms. The minimum absolute atomic E-state index is 0.0264. The number of hydrogen-bond acceptors (Lipinski definition) is 4. The molecule has 44 heavy (non-hydrogen) atoms. The highest BCUT2D eigenvalue weighted by Crippen LogP contribution is 2.11. The Balaban J connectivity index is -0.000000242. The van der Waals surface area contributed by atoms with Gasteiger partial charge in [0.15, 0.2) is 0 Å². The number of aliphatic hydroxyl groups is 4. The fourth-order valence-electron chi connectivity index (χ4n) is 4.91. The molecule has 4 N–H and O–H groups in total. The lowest BCUT2D eigenvalue weighted by atomic mass is 10.1. The van der Waals surface area contributed by atoms with E-state index in [-0.39, 0.29) is 24.4 Å². The van der Waals surface area contributed by atoms with Crippen molar-refractivity contribution in [2.75, 3.05) is 0 Å². The highest BCUT2D eigenvalue weighted by molar-refractivity contribution is 4.56. The quantitative estimate of drug-likeness (QED) is 0.0647. The Hall–Kier alpha value is -0.160. The van der Waals surface area contributed by atoms with Crippen molar-refractivity contribution >= 4 is 0 Å². The Morgan fingerprint density at radius 1 is 0.295 bits per heavy atom. The zero-order valence-electron chi connectivity index (χ0n) is 31.9. The Bertz CT molecular complexity index is 443. The third-order valence-electron chi connectivity index (χ3n) is 8.13. The van der Waals surface area contributed by atoms with Crippen LogP contribution in [0.4, 0.5) is 0 Å². The van der Waals surface area contributed by atoms with Crippen molar-refractivity contribution in [3.05, 3.63) is 0 Å². The van der Waals surface area contributed by atoms with E-state index >= 15 is 0 Å². The molecule has 0 aliphatic rings. The van der Waals surface area contributed by atoms with Crippen LogP contribution in [0.3, 0.4) is 0 Å². The van der Waals surface area contributed by atoms with Crippen LogP contribution in [0, 0.1) is 0 Å². The summed E-state index contributed by atoms with van der Waals surface area (Å²) < 4.78 is 0. The summed E-state index contributed by atoms with van der Waals surface area (Å²) in [4.78, 5) is 0. The average Bonchev–Trinajstić information content (AvgIpc) is 3.01. The molecule has 272 valence electrons. The Kier molecular flexibility index (Phi) is 54.4. The molecule has 0 aliphatic carbocycles. The molecular weight excluding hydrogens is 544 g/mol. The zero-order chi connectivity index (χ0) is 34.1. The van der Waals surface area contributed by atoms with E-state index in [1.807, 2.05) is 13.8 Å². The molecule has 0 aliphatic heterocycles. The van der Waals surface area contributed by atoms with Crippen molar-refractivity contribution in [3.8, 4) is 0 Å². The predicted molar refractivity (Wildman–Crippen MR) is 199 cm³/mol. The van der Waals surface area contributed by atoms with Gasteiger partial charge in [-0.1, -0.05) is 183 Å². The molecular formula is C40H88O4. The van der Waals surface area contributed by atoms with E-state index in [0.29, 0.717) is 0 Å². The van der Waals surface area contributed by atoms with Crippen molar-refractivity contribution in [3.63, 3.8) is 0 Å². The number of aliphatic hydroxyl groups excluding tert-OH is 4. The summed E-state index contributed by atoms with van der Waals surface area (Å²) in [5.74, 6) is 0. The van der Waals surface area contributed by atoms with Gasteiger partial charge in [-0.25, -0.2) is 0 Å². The lowest BCUT2D eigenvalue weighted by Crippen LogP contribution is -2.05. The molecule has 4 atom stereocenters. The van der Waals surface area contributed by atoms with Crippen LogP contribution in [0.5, 0.6) is 0 Å². The SMILES string of the molecule is CCCCCC(O)CCCC.CCCCCCC(O)CCC.CCCCCCCC(O)CC.CCCCCCCCC(C)O. The monoisotopic (exact) mass is 633 g/mol. The van der Waals surface area contributed by atoms with E-state index in [9.17, 15) is 15.3 Å². The minimum atomic E-state index is -0.0961. The van der Waals surface area contributed by atoms with Crippen LogP contribution in [0.25, 0.3) is 0 Å². The molecule has 0 aromatic heterocycles. The second-order valence-electron chi connectivity index (χ2n) is 13.3. The van der Waals surface area contributed by atoms with Crippen molar-refractivity contribution in [1.29, 1.82) is 0 Å². The molecule has 4 nitrogen and oxygen atoms in total. The molecule has 0 radical (unpaired) electrons. The molecule has 0 saturated carbocycles. The van der Waals surface area contributed by atoms with Crippen molar-refractivity contribution < 1.29 is 20.4 Å². The van der Waals surface area contributed by atoms with Crippen molar-refractivity contribution in [2.24, 2.45) is 0 Å². The topological polar surface area (TPSA) is 80.9 Å². The van der Waals surface area contributed by atoms with Crippen LogP contribution in [0.2, 0.25) is 0 Å². The normalized spacial score (nSPS) is 13.4. The molecule has 4 heteroatoms. The van der Waals surface area contributed by atoms with Gasteiger partial charge in [0, 0.05) is 0 Å². The molecule has 0 heterocycles. The van der Waals surface area contributed by atoms with Gasteiger partial charge in [0.05, 0.1) is 24.4 Å². The third-order valence-corrected chi connectivity index (χ3v) is 8.13. The van der Waals surface area contributed by atoms with E-state index in [0.717, 1.165) is 51.4 Å². The van der Waals surface area contributed by atoms with Gasteiger partial charge in [-0.15, -0.1) is 0 Å². The number of unbranched alkanes of at least 4 members (excludes halogenated alkanes) is 15. The molecule has 0 aromatic carbocycles. The summed E-state index contributed by atoms with van der Waals surface area (Å²) >= 11 is 0. The van der Waals surface area contributed by atoms with Gasteiger partial charge >= 0.3 is 0 Å². The maximum absolute atomic E-state index is 9.41. The van der Waals surface area contributed by atoms with E-state index in [2.05, 4.69) is 41.5 Å². The van der Waals surface area contributed by atoms with E-state index in [4.69, 9.17) is 5.11 Å². The first-order valence-corrected chi connectivity index (χ1v) is 19.9. The van der Waals surface area contributed by atoms with Crippen LogP contribution in [0.1, 0.15) is 235 Å². The smallest absolute Gasteiger partial charge is 0.0540 e. The van der Waals surface area contributed by atoms with Crippen molar-refractivity contribution in [1.82, 2.24) is 0 Å². The standard InChI is InChI=1S/4C10H22O/c1-3-4-5-6-7-8-9-10(2)11;1-3-5-6-7-8-9-10(11)4-2;1-3-5-6-7-9-10(11)8-4-2;1-3-5-7-9-10(11)8-6-4-2/h4*10-11H,3-9H2,1-2H3. The van der Waals surface area contributed by atoms with Gasteiger partial charge in [0.1, 0.15) is 0 Å². The molecule has 0 amide bonds. The van der Waals surface area contributed by atoms with Crippen molar-refractivity contribution in [2.45, 2.75) is 260 Å². The molecule has 4 unspecified atom stereocenters. The lowest BCUT2D eigenvalue weighted by Gasteiger charge is -2.08. The maximum atomic E-state index is 9.41. The highest BCUT2D eigenvalue weighted by atomic mass is 16.3. The van der Waals surface area contributed by atoms with Crippen LogP contribution in [-0.2, 0) is 0 Å². The summed E-state index contributed by atoms with van der Waals surface area (Å²) in [6, 6.07) is 0. The Morgan fingerprint density at radius 3 is 1.00 bits per heavy atom. The average molecular weight is 633 g/mol.